The van der Waals surface area contributed by atoms with Crippen molar-refractivity contribution >= 4 is 5.97 Å². The van der Waals surface area contributed by atoms with Gasteiger partial charge in [0.15, 0.2) is 0 Å². The van der Waals surface area contributed by atoms with Crippen LogP contribution in [0.15, 0.2) is 54.6 Å². The third-order valence-corrected chi connectivity index (χ3v) is 6.92. The summed E-state index contributed by atoms with van der Waals surface area (Å²) in [5.74, 6) is 2.12. The number of ether oxygens (including phenoxy) is 4. The number of hydrogen-bond donors (Lipinski definition) is 1. The molecule has 35 heavy (non-hydrogen) atoms. The number of methoxy groups -OCH3 is 1. The van der Waals surface area contributed by atoms with E-state index in [0.717, 1.165) is 46.8 Å². The fourth-order valence-corrected chi connectivity index (χ4v) is 5.16. The summed E-state index contributed by atoms with van der Waals surface area (Å²) in [4.78, 5) is 11.7. The molecule has 0 fully saturated rings. The number of fused-ring (bicyclic) bond motifs is 2. The molecule has 0 saturated heterocycles. The van der Waals surface area contributed by atoms with Crippen molar-refractivity contribution in [3.05, 3.63) is 76.9 Å². The number of rotatable bonds is 8. The Balaban J connectivity index is 1.37. The highest BCUT2D eigenvalue weighted by Gasteiger charge is 2.30. The lowest BCUT2D eigenvalue weighted by Crippen LogP contribution is -2.09. The number of aliphatic hydroxyl groups excluding tert-OH is 1. The van der Waals surface area contributed by atoms with E-state index in [1.807, 2.05) is 30.3 Å². The first kappa shape index (κ1) is 23.2. The van der Waals surface area contributed by atoms with Crippen LogP contribution in [0.2, 0.25) is 0 Å². The summed E-state index contributed by atoms with van der Waals surface area (Å²) in [6.45, 7) is 2.80. The molecule has 1 N–H and O–H groups in total. The molecular formula is C29H30O6. The Morgan fingerprint density at radius 3 is 2.74 bits per heavy atom. The highest BCUT2D eigenvalue weighted by Crippen LogP contribution is 2.44. The van der Waals surface area contributed by atoms with Crippen LogP contribution in [-0.4, -0.2) is 38.0 Å². The molecule has 3 aromatic carbocycles. The van der Waals surface area contributed by atoms with E-state index in [-0.39, 0.29) is 31.2 Å². The monoisotopic (exact) mass is 474 g/mol. The molecule has 5 rings (SSSR count). The van der Waals surface area contributed by atoms with Gasteiger partial charge in [-0.2, -0.15) is 0 Å². The predicted octanol–water partition coefficient (Wildman–Crippen LogP) is 5.14. The standard InChI is InChI=1S/C29H30O6/c1-18-21(5-4-8-26(18)33-14-13-30)23-6-3-7-25-24(23)11-12-27(25)35-20-9-10-22-19(15-29(31)32-2)17-34-28(22)16-20/h3-10,16,19,27,30H,11-15,17H2,1-2H3/t19-,27-/m1/s1. The Morgan fingerprint density at radius 2 is 1.91 bits per heavy atom. The fraction of sp³-hybridized carbons (Fsp3) is 0.345. The molecule has 182 valence electrons. The number of benzene rings is 3. The molecule has 3 aromatic rings. The second kappa shape index (κ2) is 10.0. The van der Waals surface area contributed by atoms with Crippen molar-refractivity contribution in [3.63, 3.8) is 0 Å². The van der Waals surface area contributed by atoms with Gasteiger partial charge in [-0.25, -0.2) is 0 Å². The molecule has 2 atom stereocenters. The first-order valence-corrected chi connectivity index (χ1v) is 12.0. The van der Waals surface area contributed by atoms with Crippen LogP contribution in [0.3, 0.4) is 0 Å². The van der Waals surface area contributed by atoms with E-state index in [2.05, 4.69) is 31.2 Å². The Labute approximate surface area is 205 Å². The zero-order valence-electron chi connectivity index (χ0n) is 20.1. The minimum atomic E-state index is -0.231. The smallest absolute Gasteiger partial charge is 0.306 e. The van der Waals surface area contributed by atoms with Crippen molar-refractivity contribution in [1.29, 1.82) is 0 Å². The number of carbonyl (C=O) groups is 1. The van der Waals surface area contributed by atoms with Gasteiger partial charge in [-0.3, -0.25) is 4.79 Å². The molecule has 1 aliphatic heterocycles. The SMILES string of the molecule is COC(=O)C[C@@H]1COc2cc(O[C@@H]3CCc4c(-c5cccc(OCCO)c5C)cccc43)ccc21. The van der Waals surface area contributed by atoms with E-state index < -0.39 is 0 Å². The summed E-state index contributed by atoms with van der Waals surface area (Å²) in [5.41, 5.74) is 6.93. The van der Waals surface area contributed by atoms with E-state index in [1.165, 1.54) is 23.8 Å². The molecule has 2 aliphatic rings. The first-order valence-electron chi connectivity index (χ1n) is 12.0. The number of carbonyl (C=O) groups excluding carboxylic acids is 1. The lowest BCUT2D eigenvalue weighted by atomic mass is 9.93. The number of hydrogen-bond acceptors (Lipinski definition) is 6. The average molecular weight is 475 g/mol. The molecule has 0 amide bonds. The van der Waals surface area contributed by atoms with Gasteiger partial charge < -0.3 is 24.1 Å². The van der Waals surface area contributed by atoms with Crippen molar-refractivity contribution in [2.45, 2.75) is 38.2 Å². The lowest BCUT2D eigenvalue weighted by molar-refractivity contribution is -0.141. The summed E-state index contributed by atoms with van der Waals surface area (Å²) in [6.07, 6.45) is 2.10. The average Bonchev–Trinajstić information content (AvgIpc) is 3.47. The summed E-state index contributed by atoms with van der Waals surface area (Å²) in [5, 5.41) is 9.13. The molecule has 0 saturated carbocycles. The molecule has 0 spiro atoms. The van der Waals surface area contributed by atoms with Crippen LogP contribution in [0.5, 0.6) is 17.2 Å². The minimum absolute atomic E-state index is 0.0108. The normalized spacial score (nSPS) is 17.9. The second-order valence-electron chi connectivity index (χ2n) is 9.01. The second-order valence-corrected chi connectivity index (χ2v) is 9.01. The zero-order valence-corrected chi connectivity index (χ0v) is 20.1. The Bertz CT molecular complexity index is 1230. The summed E-state index contributed by atoms with van der Waals surface area (Å²) in [7, 11) is 1.41. The van der Waals surface area contributed by atoms with Crippen molar-refractivity contribution in [3.8, 4) is 28.4 Å². The highest BCUT2D eigenvalue weighted by molar-refractivity contribution is 5.74. The molecule has 0 aromatic heterocycles. The van der Waals surface area contributed by atoms with Crippen LogP contribution < -0.4 is 14.2 Å². The van der Waals surface area contributed by atoms with Crippen LogP contribution in [-0.2, 0) is 16.0 Å². The van der Waals surface area contributed by atoms with E-state index in [0.29, 0.717) is 13.0 Å². The fourth-order valence-electron chi connectivity index (χ4n) is 5.16. The molecule has 0 bridgehead atoms. The molecule has 6 nitrogen and oxygen atoms in total. The lowest BCUT2D eigenvalue weighted by Gasteiger charge is -2.18. The van der Waals surface area contributed by atoms with Gasteiger partial charge in [0.25, 0.3) is 0 Å². The maximum Gasteiger partial charge on any atom is 0.306 e. The van der Waals surface area contributed by atoms with Gasteiger partial charge in [0.2, 0.25) is 0 Å². The van der Waals surface area contributed by atoms with Crippen LogP contribution in [0.1, 0.15) is 47.1 Å². The van der Waals surface area contributed by atoms with Gasteiger partial charge >= 0.3 is 5.97 Å². The zero-order chi connectivity index (χ0) is 24.4. The quantitative estimate of drug-likeness (QED) is 0.456. The summed E-state index contributed by atoms with van der Waals surface area (Å²) >= 11 is 0. The minimum Gasteiger partial charge on any atom is -0.492 e. The Hall–Kier alpha value is -3.51. The van der Waals surface area contributed by atoms with Gasteiger partial charge in [0.05, 0.1) is 26.7 Å². The van der Waals surface area contributed by atoms with Crippen LogP contribution in [0, 0.1) is 6.92 Å². The van der Waals surface area contributed by atoms with Crippen LogP contribution in [0.4, 0.5) is 0 Å². The molecular weight excluding hydrogens is 444 g/mol. The maximum atomic E-state index is 11.7. The Morgan fingerprint density at radius 1 is 1.09 bits per heavy atom. The van der Waals surface area contributed by atoms with Gasteiger partial charge in [-0.05, 0) is 59.7 Å². The molecule has 6 heteroatoms. The van der Waals surface area contributed by atoms with Crippen LogP contribution >= 0.6 is 0 Å². The third-order valence-electron chi connectivity index (χ3n) is 6.92. The van der Waals surface area contributed by atoms with Gasteiger partial charge in [-0.15, -0.1) is 0 Å². The number of esters is 1. The van der Waals surface area contributed by atoms with E-state index in [4.69, 9.17) is 24.1 Å². The van der Waals surface area contributed by atoms with Crippen molar-refractivity contribution in [2.24, 2.45) is 0 Å². The molecule has 1 heterocycles. The first-order chi connectivity index (χ1) is 17.1. The largest absolute Gasteiger partial charge is 0.492 e. The van der Waals surface area contributed by atoms with Crippen molar-refractivity contribution in [1.82, 2.24) is 0 Å². The third kappa shape index (κ3) is 4.58. The van der Waals surface area contributed by atoms with Crippen molar-refractivity contribution < 1.29 is 28.8 Å². The topological polar surface area (TPSA) is 74.2 Å². The van der Waals surface area contributed by atoms with Gasteiger partial charge in [0.1, 0.15) is 30.0 Å². The summed E-state index contributed by atoms with van der Waals surface area (Å²) < 4.78 is 22.8. The predicted molar refractivity (Wildman–Crippen MR) is 132 cm³/mol. The van der Waals surface area contributed by atoms with Crippen molar-refractivity contribution in [2.75, 3.05) is 26.9 Å². The van der Waals surface area contributed by atoms with Gasteiger partial charge in [0, 0.05) is 17.5 Å². The molecule has 1 aliphatic carbocycles. The van der Waals surface area contributed by atoms with E-state index in [9.17, 15) is 4.79 Å². The van der Waals surface area contributed by atoms with Crippen LogP contribution in [0.25, 0.3) is 11.1 Å². The summed E-state index contributed by atoms with van der Waals surface area (Å²) in [6, 6.07) is 18.3. The van der Waals surface area contributed by atoms with E-state index >= 15 is 0 Å². The Kier molecular flexibility index (Phi) is 6.64. The molecule has 0 unspecified atom stereocenters. The van der Waals surface area contributed by atoms with Gasteiger partial charge in [-0.1, -0.05) is 36.4 Å². The van der Waals surface area contributed by atoms with E-state index in [1.54, 1.807) is 0 Å². The number of aliphatic hydroxyl groups is 1. The molecule has 0 radical (unpaired) electrons. The maximum absolute atomic E-state index is 11.7. The highest BCUT2D eigenvalue weighted by atomic mass is 16.5.